The van der Waals surface area contributed by atoms with Crippen LogP contribution in [0.3, 0.4) is 0 Å². The Kier molecular flexibility index (Phi) is 4.93. The summed E-state index contributed by atoms with van der Waals surface area (Å²) in [5.74, 6) is 0.171. The summed E-state index contributed by atoms with van der Waals surface area (Å²) in [7, 11) is 1.31. The zero-order valence-electron chi connectivity index (χ0n) is 16.1. The van der Waals surface area contributed by atoms with Gasteiger partial charge in [0.25, 0.3) is 5.56 Å². The van der Waals surface area contributed by atoms with Crippen molar-refractivity contribution in [1.82, 2.24) is 14.5 Å². The van der Waals surface area contributed by atoms with Crippen LogP contribution in [0.2, 0.25) is 0 Å². The SMILES string of the molecule is COC(=O)c1cc(C)nc2c1c(=O)nc(SCc1ccccc1C)n2C1CC1. The number of methoxy groups -OCH3 is 1. The van der Waals surface area contributed by atoms with Gasteiger partial charge in [0.05, 0.1) is 18.1 Å². The molecule has 3 aromatic rings. The fourth-order valence-electron chi connectivity index (χ4n) is 3.28. The number of hydrogen-bond acceptors (Lipinski definition) is 6. The molecule has 0 aliphatic heterocycles. The van der Waals surface area contributed by atoms with Crippen LogP contribution in [0.4, 0.5) is 0 Å². The molecule has 1 aliphatic carbocycles. The molecule has 1 saturated carbocycles. The summed E-state index contributed by atoms with van der Waals surface area (Å²) in [5, 5.41) is 0.891. The predicted molar refractivity (Wildman–Crippen MR) is 109 cm³/mol. The van der Waals surface area contributed by atoms with E-state index in [0.29, 0.717) is 22.3 Å². The van der Waals surface area contributed by atoms with Gasteiger partial charge in [0.1, 0.15) is 5.65 Å². The highest BCUT2D eigenvalue weighted by Gasteiger charge is 2.30. The second kappa shape index (κ2) is 7.39. The number of carbonyl (C=O) groups excluding carboxylic acids is 1. The molecule has 1 aliphatic rings. The monoisotopic (exact) mass is 395 g/mol. The fourth-order valence-corrected chi connectivity index (χ4v) is 4.41. The lowest BCUT2D eigenvalue weighted by Crippen LogP contribution is -2.20. The molecule has 1 aromatic carbocycles. The van der Waals surface area contributed by atoms with Crippen molar-refractivity contribution in [2.24, 2.45) is 0 Å². The molecule has 28 heavy (non-hydrogen) atoms. The first kappa shape index (κ1) is 18.7. The third kappa shape index (κ3) is 3.42. The van der Waals surface area contributed by atoms with Crippen LogP contribution in [-0.2, 0) is 10.5 Å². The maximum Gasteiger partial charge on any atom is 0.338 e. The maximum absolute atomic E-state index is 12.8. The molecule has 0 spiro atoms. The molecule has 4 rings (SSSR count). The Morgan fingerprint density at radius 2 is 2.00 bits per heavy atom. The summed E-state index contributed by atoms with van der Waals surface area (Å²) in [5.41, 5.74) is 3.40. The van der Waals surface area contributed by atoms with Gasteiger partial charge in [-0.2, -0.15) is 4.98 Å². The lowest BCUT2D eigenvalue weighted by Gasteiger charge is -2.16. The van der Waals surface area contributed by atoms with Gasteiger partial charge in [-0.1, -0.05) is 36.0 Å². The average molecular weight is 395 g/mol. The van der Waals surface area contributed by atoms with E-state index in [4.69, 9.17) is 4.74 Å². The topological polar surface area (TPSA) is 74.1 Å². The second-order valence-corrected chi connectivity index (χ2v) is 7.96. The standard InChI is InChI=1S/C21H21N3O3S/c1-12-6-4-5-7-14(12)11-28-21-23-19(25)17-16(20(26)27-3)10-13(2)22-18(17)24(21)15-8-9-15/h4-7,10,15H,8-9,11H2,1-3H3. The summed E-state index contributed by atoms with van der Waals surface area (Å²) < 4.78 is 6.90. The number of hydrogen-bond donors (Lipinski definition) is 0. The molecule has 144 valence electrons. The van der Waals surface area contributed by atoms with Gasteiger partial charge >= 0.3 is 5.97 Å². The quantitative estimate of drug-likeness (QED) is 0.371. The zero-order valence-corrected chi connectivity index (χ0v) is 16.9. The third-order valence-corrected chi connectivity index (χ3v) is 5.91. The molecular formula is C21H21N3O3S. The Hall–Kier alpha value is -2.67. The van der Waals surface area contributed by atoms with E-state index in [-0.39, 0.29) is 17.0 Å². The number of aromatic nitrogens is 3. The number of benzene rings is 1. The van der Waals surface area contributed by atoms with Crippen molar-refractivity contribution in [3.63, 3.8) is 0 Å². The Bertz CT molecular complexity index is 1140. The number of pyridine rings is 1. The molecule has 0 bridgehead atoms. The molecule has 0 unspecified atom stereocenters. The first-order valence-corrected chi connectivity index (χ1v) is 10.2. The number of fused-ring (bicyclic) bond motifs is 1. The van der Waals surface area contributed by atoms with E-state index in [2.05, 4.69) is 29.0 Å². The van der Waals surface area contributed by atoms with Gasteiger partial charge in [0.15, 0.2) is 5.16 Å². The van der Waals surface area contributed by atoms with Gasteiger partial charge in [-0.05, 0) is 43.9 Å². The van der Waals surface area contributed by atoms with Gasteiger partial charge in [-0.15, -0.1) is 0 Å². The van der Waals surface area contributed by atoms with E-state index < -0.39 is 11.5 Å². The van der Waals surface area contributed by atoms with Gasteiger partial charge in [0.2, 0.25) is 0 Å². The van der Waals surface area contributed by atoms with Crippen LogP contribution in [0.15, 0.2) is 40.3 Å². The Morgan fingerprint density at radius 3 is 2.68 bits per heavy atom. The molecule has 0 N–H and O–H groups in total. The summed E-state index contributed by atoms with van der Waals surface area (Å²) in [4.78, 5) is 34.0. The van der Waals surface area contributed by atoms with Crippen LogP contribution in [0, 0.1) is 13.8 Å². The number of esters is 1. The zero-order chi connectivity index (χ0) is 19.8. The highest BCUT2D eigenvalue weighted by atomic mass is 32.2. The van der Waals surface area contributed by atoms with Crippen LogP contribution in [-0.4, -0.2) is 27.6 Å². The van der Waals surface area contributed by atoms with Gasteiger partial charge in [0, 0.05) is 17.5 Å². The Balaban J connectivity index is 1.86. The molecule has 0 atom stereocenters. The number of rotatable bonds is 5. The average Bonchev–Trinajstić information content (AvgIpc) is 3.50. The minimum Gasteiger partial charge on any atom is -0.465 e. The molecule has 2 heterocycles. The number of carbonyl (C=O) groups is 1. The van der Waals surface area contributed by atoms with Crippen molar-refractivity contribution in [3.8, 4) is 0 Å². The van der Waals surface area contributed by atoms with E-state index in [0.717, 1.165) is 12.8 Å². The number of ether oxygens (including phenoxy) is 1. The van der Waals surface area contributed by atoms with Crippen LogP contribution in [0.1, 0.15) is 46.1 Å². The maximum atomic E-state index is 12.8. The number of thioether (sulfide) groups is 1. The number of nitrogens with zero attached hydrogens (tertiary/aromatic N) is 3. The molecule has 7 heteroatoms. The molecule has 0 radical (unpaired) electrons. The van der Waals surface area contributed by atoms with Gasteiger partial charge < -0.3 is 9.30 Å². The van der Waals surface area contributed by atoms with Gasteiger partial charge in [-0.25, -0.2) is 9.78 Å². The lowest BCUT2D eigenvalue weighted by atomic mass is 10.1. The summed E-state index contributed by atoms with van der Waals surface area (Å²) in [6, 6.07) is 10.0. The van der Waals surface area contributed by atoms with Crippen LogP contribution < -0.4 is 5.56 Å². The van der Waals surface area contributed by atoms with Crippen molar-refractivity contribution >= 4 is 28.8 Å². The fraction of sp³-hybridized carbons (Fsp3) is 0.333. The van der Waals surface area contributed by atoms with E-state index in [1.165, 1.54) is 30.0 Å². The Morgan fingerprint density at radius 1 is 1.25 bits per heavy atom. The van der Waals surface area contributed by atoms with Crippen LogP contribution in [0.25, 0.3) is 11.0 Å². The van der Waals surface area contributed by atoms with Crippen molar-refractivity contribution in [2.45, 2.75) is 43.6 Å². The van der Waals surface area contributed by atoms with Gasteiger partial charge in [-0.3, -0.25) is 4.79 Å². The minimum absolute atomic E-state index is 0.229. The molecule has 1 fully saturated rings. The first-order chi connectivity index (χ1) is 13.5. The van der Waals surface area contributed by atoms with Crippen molar-refractivity contribution in [1.29, 1.82) is 0 Å². The Labute approximate surface area is 167 Å². The summed E-state index contributed by atoms with van der Waals surface area (Å²) in [6.07, 6.45) is 2.03. The normalized spacial score (nSPS) is 13.7. The summed E-state index contributed by atoms with van der Waals surface area (Å²) in [6.45, 7) is 3.89. The van der Waals surface area contributed by atoms with Crippen LogP contribution in [0.5, 0.6) is 0 Å². The highest BCUT2D eigenvalue weighted by molar-refractivity contribution is 7.98. The third-order valence-electron chi connectivity index (χ3n) is 4.91. The lowest BCUT2D eigenvalue weighted by molar-refractivity contribution is 0.0602. The first-order valence-electron chi connectivity index (χ1n) is 9.19. The van der Waals surface area contributed by atoms with Crippen molar-refractivity contribution in [2.75, 3.05) is 7.11 Å². The minimum atomic E-state index is -0.544. The van der Waals surface area contributed by atoms with E-state index in [9.17, 15) is 9.59 Å². The molecule has 0 saturated heterocycles. The van der Waals surface area contributed by atoms with E-state index in [1.54, 1.807) is 6.07 Å². The predicted octanol–water partition coefficient (Wildman–Crippen LogP) is 3.82. The van der Waals surface area contributed by atoms with E-state index in [1.807, 2.05) is 23.6 Å². The largest absolute Gasteiger partial charge is 0.465 e. The van der Waals surface area contributed by atoms with Crippen molar-refractivity contribution < 1.29 is 9.53 Å². The molecule has 2 aromatic heterocycles. The smallest absolute Gasteiger partial charge is 0.338 e. The van der Waals surface area contributed by atoms with Crippen molar-refractivity contribution in [3.05, 3.63) is 63.1 Å². The highest BCUT2D eigenvalue weighted by Crippen LogP contribution is 2.40. The van der Waals surface area contributed by atoms with Crippen LogP contribution >= 0.6 is 11.8 Å². The number of aryl methyl sites for hydroxylation is 2. The molecule has 6 nitrogen and oxygen atoms in total. The van der Waals surface area contributed by atoms with E-state index >= 15 is 0 Å². The molecular weight excluding hydrogens is 374 g/mol. The molecule has 0 amide bonds. The second-order valence-electron chi connectivity index (χ2n) is 7.02. The summed E-state index contributed by atoms with van der Waals surface area (Å²) >= 11 is 1.53.